The van der Waals surface area contributed by atoms with E-state index in [0.717, 1.165) is 12.1 Å². The number of anilines is 1. The van der Waals surface area contributed by atoms with Crippen LogP contribution in [0.2, 0.25) is 0 Å². The van der Waals surface area contributed by atoms with E-state index in [9.17, 15) is 18.0 Å². The number of aromatic nitrogens is 1. The predicted molar refractivity (Wildman–Crippen MR) is 76.1 cm³/mol. The molecule has 0 radical (unpaired) electrons. The largest absolute Gasteiger partial charge is 0.416 e. The average molecular weight is 359 g/mol. The van der Waals surface area contributed by atoms with Gasteiger partial charge in [0.1, 0.15) is 0 Å². The molecule has 3 nitrogen and oxygen atoms in total. The summed E-state index contributed by atoms with van der Waals surface area (Å²) in [6.45, 7) is 1.72. The molecule has 0 aliphatic carbocycles. The van der Waals surface area contributed by atoms with Gasteiger partial charge in [-0.1, -0.05) is 0 Å². The summed E-state index contributed by atoms with van der Waals surface area (Å²) < 4.78 is 38.4. The summed E-state index contributed by atoms with van der Waals surface area (Å²) in [4.78, 5) is 16.0. The molecule has 0 bridgehead atoms. The van der Waals surface area contributed by atoms with Crippen LogP contribution in [0.15, 0.2) is 41.0 Å². The number of carbonyl (C=O) groups is 1. The molecule has 21 heavy (non-hydrogen) atoms. The summed E-state index contributed by atoms with van der Waals surface area (Å²) in [5, 5.41) is 2.45. The number of halogens is 4. The maximum absolute atomic E-state index is 12.7. The van der Waals surface area contributed by atoms with Crippen molar-refractivity contribution in [3.8, 4) is 0 Å². The van der Waals surface area contributed by atoms with Crippen molar-refractivity contribution < 1.29 is 18.0 Å². The molecule has 0 saturated carbocycles. The number of rotatable bonds is 2. The first kappa shape index (κ1) is 15.5. The first-order chi connectivity index (χ1) is 9.77. The van der Waals surface area contributed by atoms with Gasteiger partial charge in [0.15, 0.2) is 0 Å². The van der Waals surface area contributed by atoms with Crippen LogP contribution in [0, 0.1) is 6.92 Å². The molecular formula is C14H10BrF3N2O. The lowest BCUT2D eigenvalue weighted by Crippen LogP contribution is -2.14. The van der Waals surface area contributed by atoms with Gasteiger partial charge in [-0.15, -0.1) is 0 Å². The van der Waals surface area contributed by atoms with Crippen molar-refractivity contribution in [2.75, 3.05) is 5.32 Å². The summed E-state index contributed by atoms with van der Waals surface area (Å²) in [5.41, 5.74) is 0.203. The third kappa shape index (κ3) is 3.81. The van der Waals surface area contributed by atoms with Crippen molar-refractivity contribution in [2.45, 2.75) is 13.1 Å². The number of aryl methyl sites for hydroxylation is 1. The van der Waals surface area contributed by atoms with Gasteiger partial charge in [0.2, 0.25) is 0 Å². The van der Waals surface area contributed by atoms with Crippen molar-refractivity contribution >= 4 is 27.5 Å². The lowest BCUT2D eigenvalue weighted by atomic mass is 10.1. The van der Waals surface area contributed by atoms with Gasteiger partial charge in [0.05, 0.1) is 11.3 Å². The van der Waals surface area contributed by atoms with Gasteiger partial charge in [-0.25, -0.2) is 0 Å². The van der Waals surface area contributed by atoms with Crippen LogP contribution in [0.4, 0.5) is 18.9 Å². The Morgan fingerprint density at radius 2 is 1.95 bits per heavy atom. The molecule has 0 fully saturated rings. The maximum Gasteiger partial charge on any atom is 0.416 e. The van der Waals surface area contributed by atoms with Crippen LogP contribution in [0.1, 0.15) is 21.6 Å². The molecule has 2 rings (SSSR count). The topological polar surface area (TPSA) is 42.0 Å². The number of alkyl halides is 3. The lowest BCUT2D eigenvalue weighted by Gasteiger charge is -2.12. The van der Waals surface area contributed by atoms with Gasteiger partial charge in [-0.05, 0) is 53.2 Å². The van der Waals surface area contributed by atoms with E-state index in [1.165, 1.54) is 18.3 Å². The van der Waals surface area contributed by atoms with Crippen LogP contribution in [-0.4, -0.2) is 10.9 Å². The Morgan fingerprint density at radius 1 is 1.24 bits per heavy atom. The Balaban J connectivity index is 2.29. The molecule has 110 valence electrons. The summed E-state index contributed by atoms with van der Waals surface area (Å²) in [7, 11) is 0. The van der Waals surface area contributed by atoms with Crippen molar-refractivity contribution in [3.05, 3.63) is 57.8 Å². The molecule has 1 N–H and O–H groups in total. The molecule has 0 saturated heterocycles. The second kappa shape index (κ2) is 5.85. The Labute approximate surface area is 127 Å². The number of hydrogen-bond donors (Lipinski definition) is 1. The van der Waals surface area contributed by atoms with Gasteiger partial charge in [0.25, 0.3) is 5.91 Å². The molecule has 1 aromatic carbocycles. The van der Waals surface area contributed by atoms with Gasteiger partial charge < -0.3 is 5.32 Å². The quantitative estimate of drug-likeness (QED) is 0.862. The van der Waals surface area contributed by atoms with Crippen LogP contribution in [-0.2, 0) is 6.18 Å². The molecule has 7 heteroatoms. The van der Waals surface area contributed by atoms with Gasteiger partial charge in [-0.3, -0.25) is 9.78 Å². The SMILES string of the molecule is Cc1cc(C(=O)Nc2cc(C(F)(F)F)ccc2Br)ccn1. The van der Waals surface area contributed by atoms with Crippen molar-refractivity contribution in [3.63, 3.8) is 0 Å². The highest BCUT2D eigenvalue weighted by atomic mass is 79.9. The van der Waals surface area contributed by atoms with Gasteiger partial charge in [-0.2, -0.15) is 13.2 Å². The van der Waals surface area contributed by atoms with E-state index in [-0.39, 0.29) is 5.69 Å². The summed E-state index contributed by atoms with van der Waals surface area (Å²) in [6.07, 6.45) is -3.00. The molecule has 1 aromatic heterocycles. The zero-order chi connectivity index (χ0) is 15.6. The number of pyridine rings is 1. The minimum Gasteiger partial charge on any atom is -0.321 e. The highest BCUT2D eigenvalue weighted by Crippen LogP contribution is 2.34. The fourth-order valence-electron chi connectivity index (χ4n) is 1.68. The first-order valence-electron chi connectivity index (χ1n) is 5.88. The number of benzene rings is 1. The van der Waals surface area contributed by atoms with Crippen molar-refractivity contribution in [1.29, 1.82) is 0 Å². The number of amides is 1. The molecular weight excluding hydrogens is 349 g/mol. The van der Waals surface area contributed by atoms with E-state index in [1.54, 1.807) is 13.0 Å². The average Bonchev–Trinajstić information content (AvgIpc) is 2.40. The molecule has 0 unspecified atom stereocenters. The normalized spacial score (nSPS) is 11.3. The zero-order valence-corrected chi connectivity index (χ0v) is 12.4. The van der Waals surface area contributed by atoms with E-state index in [4.69, 9.17) is 0 Å². The summed E-state index contributed by atoms with van der Waals surface area (Å²) in [6, 6.07) is 6.11. The molecule has 0 aliphatic rings. The summed E-state index contributed by atoms with van der Waals surface area (Å²) >= 11 is 3.12. The van der Waals surface area contributed by atoms with Crippen molar-refractivity contribution in [1.82, 2.24) is 4.98 Å². The fourth-order valence-corrected chi connectivity index (χ4v) is 2.02. The number of hydrogen-bond acceptors (Lipinski definition) is 2. The van der Waals surface area contributed by atoms with E-state index in [1.807, 2.05) is 0 Å². The van der Waals surface area contributed by atoms with E-state index < -0.39 is 17.6 Å². The fraction of sp³-hybridized carbons (Fsp3) is 0.143. The minimum absolute atomic E-state index is 0.0595. The van der Waals surface area contributed by atoms with Gasteiger partial charge >= 0.3 is 6.18 Å². The zero-order valence-electron chi connectivity index (χ0n) is 10.8. The molecule has 0 aliphatic heterocycles. The number of carbonyl (C=O) groups excluding carboxylic acids is 1. The lowest BCUT2D eigenvalue weighted by molar-refractivity contribution is -0.137. The van der Waals surface area contributed by atoms with Crippen LogP contribution in [0.25, 0.3) is 0 Å². The first-order valence-corrected chi connectivity index (χ1v) is 6.67. The minimum atomic E-state index is -4.46. The standard InChI is InChI=1S/C14H10BrF3N2O/c1-8-6-9(4-5-19-8)13(21)20-12-7-10(14(16,17)18)2-3-11(12)15/h2-7H,1H3,(H,20,21). The highest BCUT2D eigenvalue weighted by molar-refractivity contribution is 9.10. The Kier molecular flexibility index (Phi) is 4.32. The van der Waals surface area contributed by atoms with Crippen LogP contribution in [0.3, 0.4) is 0 Å². The Bertz CT molecular complexity index is 686. The van der Waals surface area contributed by atoms with Crippen LogP contribution >= 0.6 is 15.9 Å². The third-order valence-electron chi connectivity index (χ3n) is 2.70. The van der Waals surface area contributed by atoms with Gasteiger partial charge in [0, 0.05) is 21.9 Å². The Hall–Kier alpha value is -1.89. The smallest absolute Gasteiger partial charge is 0.321 e. The van der Waals surface area contributed by atoms with E-state index >= 15 is 0 Å². The number of nitrogens with one attached hydrogen (secondary N) is 1. The third-order valence-corrected chi connectivity index (χ3v) is 3.39. The predicted octanol–water partition coefficient (Wildman–Crippen LogP) is 4.42. The monoisotopic (exact) mass is 358 g/mol. The highest BCUT2D eigenvalue weighted by Gasteiger charge is 2.31. The maximum atomic E-state index is 12.7. The molecule has 1 amide bonds. The van der Waals surface area contributed by atoms with Crippen LogP contribution < -0.4 is 5.32 Å². The second-order valence-corrected chi connectivity index (χ2v) is 5.19. The molecule has 0 spiro atoms. The van der Waals surface area contributed by atoms with E-state index in [2.05, 4.69) is 26.2 Å². The number of nitrogens with zero attached hydrogens (tertiary/aromatic N) is 1. The Morgan fingerprint density at radius 3 is 2.57 bits per heavy atom. The summed E-state index contributed by atoms with van der Waals surface area (Å²) in [5.74, 6) is -0.500. The molecule has 1 heterocycles. The van der Waals surface area contributed by atoms with E-state index in [0.29, 0.717) is 15.7 Å². The second-order valence-electron chi connectivity index (χ2n) is 4.33. The van der Waals surface area contributed by atoms with Crippen LogP contribution in [0.5, 0.6) is 0 Å². The molecule has 0 atom stereocenters. The molecule has 2 aromatic rings. The van der Waals surface area contributed by atoms with Crippen molar-refractivity contribution in [2.24, 2.45) is 0 Å².